The smallest absolute Gasteiger partial charge is 0.136 e. The molecular weight excluding hydrogens is 414 g/mol. The van der Waals surface area contributed by atoms with Crippen LogP contribution in [0.4, 0.5) is 0 Å². The van der Waals surface area contributed by atoms with Crippen molar-refractivity contribution in [2.75, 3.05) is 27.3 Å². The van der Waals surface area contributed by atoms with Crippen molar-refractivity contribution < 1.29 is 19.4 Å². The minimum atomic E-state index is -0.503. The number of hydrogen-bond donors (Lipinski definition) is 1. The number of hydrogen-bond acceptors (Lipinski definition) is 5. The quantitative estimate of drug-likeness (QED) is 0.586. The highest BCUT2D eigenvalue weighted by Gasteiger charge is 2.73. The topological polar surface area (TPSA) is 59.0 Å². The molecule has 0 aromatic rings. The van der Waals surface area contributed by atoms with Crippen LogP contribution in [0.15, 0.2) is 0 Å². The predicted octanol–water partition coefficient (Wildman–Crippen LogP) is 4.60. The first kappa shape index (κ1) is 24.2. The summed E-state index contributed by atoms with van der Waals surface area (Å²) >= 11 is 0. The minimum Gasteiger partial charge on any atom is -0.390 e. The molecular formula is C28H47NO4. The maximum Gasteiger partial charge on any atom is 0.136 e. The standard InChI is InChI=1S/C28H47NO4/c1-19-22(30)13-14-28(33-17-7-10-20-8-5-4-6-9-20)24-18-21-11-12-23(32-3)26(31)25(21)27(19,28)15-16-29(24)2/h19-21,23-26,31H,4-18H2,1-3H3/t19-,21?,23?,24?,25?,26?,27-,28-/m1/s1. The average molecular weight is 462 g/mol. The molecule has 0 aromatic heterocycles. The van der Waals surface area contributed by atoms with Gasteiger partial charge in [-0.3, -0.25) is 4.79 Å². The fourth-order valence-corrected chi connectivity index (χ4v) is 9.48. The number of carbonyl (C=O) groups excluding carboxylic acids is 1. The monoisotopic (exact) mass is 461 g/mol. The molecule has 0 aromatic carbocycles. The summed E-state index contributed by atoms with van der Waals surface area (Å²) in [5.41, 5.74) is -0.596. The second kappa shape index (κ2) is 9.52. The molecule has 5 heteroatoms. The van der Waals surface area contributed by atoms with Crippen LogP contribution in [0.1, 0.15) is 90.4 Å². The maximum absolute atomic E-state index is 13.3. The largest absolute Gasteiger partial charge is 0.390 e. The molecule has 5 nitrogen and oxygen atoms in total. The van der Waals surface area contributed by atoms with Crippen molar-refractivity contribution in [1.29, 1.82) is 0 Å². The summed E-state index contributed by atoms with van der Waals surface area (Å²) in [6.45, 7) is 3.95. The molecule has 2 bridgehead atoms. The van der Waals surface area contributed by atoms with Gasteiger partial charge in [0.1, 0.15) is 5.78 Å². The Hall–Kier alpha value is -0.490. The van der Waals surface area contributed by atoms with Gasteiger partial charge in [0.25, 0.3) is 0 Å². The third-order valence-electron chi connectivity index (χ3n) is 11.1. The number of likely N-dealkylation sites (N-methyl/N-ethyl adjacent to an activating group) is 1. The van der Waals surface area contributed by atoms with E-state index >= 15 is 0 Å². The number of rotatable bonds is 6. The van der Waals surface area contributed by atoms with E-state index in [9.17, 15) is 9.90 Å². The van der Waals surface area contributed by atoms with Gasteiger partial charge >= 0.3 is 0 Å². The van der Waals surface area contributed by atoms with Gasteiger partial charge in [-0.15, -0.1) is 0 Å². The van der Waals surface area contributed by atoms with E-state index in [1.54, 1.807) is 7.11 Å². The number of aliphatic hydroxyl groups excluding tert-OH is 1. The fraction of sp³-hybridized carbons (Fsp3) is 0.964. The third kappa shape index (κ3) is 3.75. The Labute approximate surface area is 201 Å². The van der Waals surface area contributed by atoms with Crippen molar-refractivity contribution >= 4 is 5.78 Å². The van der Waals surface area contributed by atoms with E-state index < -0.39 is 6.10 Å². The summed E-state index contributed by atoms with van der Waals surface area (Å²) in [7, 11) is 4.00. The van der Waals surface area contributed by atoms with Crippen LogP contribution in [0.25, 0.3) is 0 Å². The lowest BCUT2D eigenvalue weighted by atomic mass is 9.39. The van der Waals surface area contributed by atoms with E-state index in [0.717, 1.165) is 57.6 Å². The van der Waals surface area contributed by atoms with Crippen molar-refractivity contribution in [1.82, 2.24) is 4.90 Å². The van der Waals surface area contributed by atoms with E-state index in [-0.39, 0.29) is 29.0 Å². The molecule has 5 unspecified atom stereocenters. The van der Waals surface area contributed by atoms with Crippen LogP contribution in [-0.4, -0.2) is 66.9 Å². The number of aliphatic hydroxyl groups is 1. The highest BCUT2D eigenvalue weighted by Crippen LogP contribution is 2.67. The lowest BCUT2D eigenvalue weighted by molar-refractivity contribution is -0.304. The SMILES string of the molecule is COC1CCC2CC3N(C)CC[C@]4(C2C1O)[C@H](C)C(=O)CC[C@@]34OCCCC1CCCCC1. The number of carbonyl (C=O) groups is 1. The molecule has 33 heavy (non-hydrogen) atoms. The van der Waals surface area contributed by atoms with Crippen LogP contribution in [0, 0.1) is 29.1 Å². The van der Waals surface area contributed by atoms with Gasteiger partial charge in [0, 0.05) is 37.5 Å². The molecule has 0 spiro atoms. The lowest BCUT2D eigenvalue weighted by Gasteiger charge is -2.72. The number of ether oxygens (including phenoxy) is 2. The van der Waals surface area contributed by atoms with Crippen LogP contribution >= 0.6 is 0 Å². The van der Waals surface area contributed by atoms with Crippen molar-refractivity contribution in [2.45, 2.75) is 114 Å². The number of Topliss-reactive ketones (excluding diaryl/α,β-unsaturated/α-hetero) is 1. The first-order valence-electron chi connectivity index (χ1n) is 14.0. The number of methoxy groups -OCH3 is 1. The van der Waals surface area contributed by atoms with Gasteiger partial charge < -0.3 is 19.5 Å². The molecule has 5 aliphatic rings. The molecule has 1 aliphatic heterocycles. The lowest BCUT2D eigenvalue weighted by Crippen LogP contribution is -2.79. The number of nitrogens with zero attached hydrogens (tertiary/aromatic N) is 1. The van der Waals surface area contributed by atoms with E-state index in [0.29, 0.717) is 24.2 Å². The Balaban J connectivity index is 1.45. The molecule has 1 saturated heterocycles. The number of piperidine rings is 1. The van der Waals surface area contributed by atoms with Crippen LogP contribution < -0.4 is 0 Å². The minimum absolute atomic E-state index is 0.0566. The normalized spacial score (nSPS) is 46.6. The van der Waals surface area contributed by atoms with Gasteiger partial charge in [-0.2, -0.15) is 0 Å². The van der Waals surface area contributed by atoms with Crippen LogP contribution in [0.2, 0.25) is 0 Å². The Bertz CT molecular complexity index is 708. The van der Waals surface area contributed by atoms with Gasteiger partial charge in [-0.05, 0) is 76.3 Å². The summed E-state index contributed by atoms with van der Waals surface area (Å²) in [5, 5.41) is 11.6. The highest BCUT2D eigenvalue weighted by molar-refractivity contribution is 5.83. The summed E-state index contributed by atoms with van der Waals surface area (Å²) < 4.78 is 12.9. The highest BCUT2D eigenvalue weighted by atomic mass is 16.5. The van der Waals surface area contributed by atoms with Crippen LogP contribution in [0.5, 0.6) is 0 Å². The molecule has 5 fully saturated rings. The van der Waals surface area contributed by atoms with Gasteiger partial charge in [-0.1, -0.05) is 39.0 Å². The number of fused-ring (bicyclic) bond motifs is 1. The molecule has 1 heterocycles. The molecule has 0 amide bonds. The molecule has 5 rings (SSSR count). The van der Waals surface area contributed by atoms with Crippen LogP contribution in [0.3, 0.4) is 0 Å². The van der Waals surface area contributed by atoms with E-state index in [1.165, 1.54) is 38.5 Å². The van der Waals surface area contributed by atoms with Crippen LogP contribution in [-0.2, 0) is 14.3 Å². The Morgan fingerprint density at radius 2 is 1.91 bits per heavy atom. The van der Waals surface area contributed by atoms with Gasteiger partial charge in [0.05, 0.1) is 17.8 Å². The first-order chi connectivity index (χ1) is 15.9. The van der Waals surface area contributed by atoms with E-state index in [4.69, 9.17) is 9.47 Å². The van der Waals surface area contributed by atoms with Crippen molar-refractivity contribution in [3.8, 4) is 0 Å². The van der Waals surface area contributed by atoms with Crippen molar-refractivity contribution in [2.24, 2.45) is 29.1 Å². The zero-order valence-electron chi connectivity index (χ0n) is 21.3. The zero-order valence-corrected chi connectivity index (χ0v) is 21.3. The first-order valence-corrected chi connectivity index (χ1v) is 14.0. The molecule has 4 aliphatic carbocycles. The molecule has 0 radical (unpaired) electrons. The van der Waals surface area contributed by atoms with Crippen molar-refractivity contribution in [3.63, 3.8) is 0 Å². The second-order valence-electron chi connectivity index (χ2n) is 12.2. The summed E-state index contributed by atoms with van der Waals surface area (Å²) in [5.74, 6) is 1.75. The molecule has 8 atom stereocenters. The summed E-state index contributed by atoms with van der Waals surface area (Å²) in [4.78, 5) is 15.8. The van der Waals surface area contributed by atoms with Gasteiger partial charge in [-0.25, -0.2) is 0 Å². The third-order valence-corrected chi connectivity index (χ3v) is 11.1. The Kier molecular flexibility index (Phi) is 6.99. The van der Waals surface area contributed by atoms with E-state index in [2.05, 4.69) is 18.9 Å². The Morgan fingerprint density at radius 1 is 1.12 bits per heavy atom. The molecule has 4 saturated carbocycles. The number of ketones is 1. The molecule has 1 N–H and O–H groups in total. The summed E-state index contributed by atoms with van der Waals surface area (Å²) in [6.07, 6.45) is 14.2. The number of likely N-dealkylation sites (tertiary alicyclic amines) is 1. The van der Waals surface area contributed by atoms with Gasteiger partial charge in [0.15, 0.2) is 0 Å². The second-order valence-corrected chi connectivity index (χ2v) is 12.2. The zero-order chi connectivity index (χ0) is 23.2. The van der Waals surface area contributed by atoms with Crippen molar-refractivity contribution in [3.05, 3.63) is 0 Å². The predicted molar refractivity (Wildman–Crippen MR) is 129 cm³/mol. The summed E-state index contributed by atoms with van der Waals surface area (Å²) in [6, 6.07) is 0.351. The van der Waals surface area contributed by atoms with Gasteiger partial charge in [0.2, 0.25) is 0 Å². The molecule has 188 valence electrons. The maximum atomic E-state index is 13.3. The Morgan fingerprint density at radius 3 is 2.67 bits per heavy atom. The fourth-order valence-electron chi connectivity index (χ4n) is 9.48. The average Bonchev–Trinajstić information content (AvgIpc) is 2.83. The van der Waals surface area contributed by atoms with E-state index in [1.807, 2.05) is 0 Å².